The van der Waals surface area contributed by atoms with Gasteiger partial charge in [0.2, 0.25) is 6.10 Å². The number of anilines is 1. The highest BCUT2D eigenvalue weighted by Crippen LogP contribution is 2.31. The van der Waals surface area contributed by atoms with Crippen molar-refractivity contribution < 1.29 is 19.1 Å². The Bertz CT molecular complexity index is 1320. The zero-order valence-electron chi connectivity index (χ0n) is 18.0. The molecule has 11 heteroatoms. The van der Waals surface area contributed by atoms with E-state index < -0.39 is 6.10 Å². The van der Waals surface area contributed by atoms with Crippen LogP contribution in [0.1, 0.15) is 21.8 Å². The van der Waals surface area contributed by atoms with Crippen molar-refractivity contribution in [3.63, 3.8) is 0 Å². The Morgan fingerprint density at radius 1 is 1.18 bits per heavy atom. The first-order valence-electron chi connectivity index (χ1n) is 10.4. The first-order valence-corrected chi connectivity index (χ1v) is 12.0. The van der Waals surface area contributed by atoms with Crippen LogP contribution in [0, 0.1) is 6.92 Å². The number of aryl methyl sites for hydroxylation is 1. The number of nitrogens with zero attached hydrogens (tertiary/aromatic N) is 4. The van der Waals surface area contributed by atoms with Gasteiger partial charge in [0.05, 0.1) is 10.6 Å². The molecule has 5 rings (SSSR count). The number of benzene rings is 2. The smallest absolute Gasteiger partial charge is 0.270 e. The predicted octanol–water partition coefficient (Wildman–Crippen LogP) is 4.05. The van der Waals surface area contributed by atoms with Crippen molar-refractivity contribution in [2.24, 2.45) is 5.16 Å². The minimum absolute atomic E-state index is 0.131. The van der Waals surface area contributed by atoms with Crippen LogP contribution in [-0.2, 0) is 16.2 Å². The van der Waals surface area contributed by atoms with Gasteiger partial charge in [0.1, 0.15) is 18.0 Å². The predicted molar refractivity (Wildman–Crippen MR) is 129 cm³/mol. The van der Waals surface area contributed by atoms with E-state index in [9.17, 15) is 4.79 Å². The van der Waals surface area contributed by atoms with Crippen LogP contribution in [0.2, 0.25) is 0 Å². The van der Waals surface area contributed by atoms with Gasteiger partial charge in [-0.2, -0.15) is 0 Å². The lowest BCUT2D eigenvalue weighted by Crippen LogP contribution is -2.40. The van der Waals surface area contributed by atoms with Crippen LogP contribution in [0.3, 0.4) is 0 Å². The summed E-state index contributed by atoms with van der Waals surface area (Å²) in [6.45, 7) is 2.20. The maximum atomic E-state index is 12.6. The number of hydrogen-bond acceptors (Lipinski definition) is 10. The highest BCUT2D eigenvalue weighted by Gasteiger charge is 2.28. The number of ether oxygens (including phenoxy) is 2. The summed E-state index contributed by atoms with van der Waals surface area (Å²) in [6, 6.07) is 16.9. The molecule has 9 nitrogen and oxygen atoms in total. The highest BCUT2D eigenvalue weighted by atomic mass is 32.1. The van der Waals surface area contributed by atoms with Crippen LogP contribution in [0.25, 0.3) is 0 Å². The lowest BCUT2D eigenvalue weighted by Gasteiger charge is -2.25. The first-order chi connectivity index (χ1) is 16.7. The van der Waals surface area contributed by atoms with E-state index in [2.05, 4.69) is 25.0 Å². The molecule has 1 unspecified atom stereocenters. The van der Waals surface area contributed by atoms with Crippen molar-refractivity contribution in [2.75, 3.05) is 11.9 Å². The third kappa shape index (κ3) is 4.90. The minimum atomic E-state index is -0.758. The molecule has 4 aromatic rings. The Morgan fingerprint density at radius 3 is 2.76 bits per heavy atom. The van der Waals surface area contributed by atoms with Crippen molar-refractivity contribution in [1.82, 2.24) is 14.6 Å². The summed E-state index contributed by atoms with van der Waals surface area (Å²) in [5, 5.41) is 13.5. The molecule has 0 radical (unpaired) electrons. The molecule has 0 aliphatic carbocycles. The monoisotopic (exact) mass is 493 g/mol. The van der Waals surface area contributed by atoms with Gasteiger partial charge in [-0.25, -0.2) is 4.98 Å². The number of rotatable bonds is 7. The normalized spacial score (nSPS) is 15.1. The molecule has 172 valence electrons. The molecule has 0 saturated carbocycles. The van der Waals surface area contributed by atoms with Crippen LogP contribution in [0.15, 0.2) is 65.1 Å². The van der Waals surface area contributed by atoms with Gasteiger partial charge in [-0.05, 0) is 30.6 Å². The number of aromatic nitrogens is 3. The summed E-state index contributed by atoms with van der Waals surface area (Å²) in [7, 11) is 0. The van der Waals surface area contributed by atoms with E-state index in [0.717, 1.165) is 10.4 Å². The summed E-state index contributed by atoms with van der Waals surface area (Å²) in [5.74, 6) is 0.839. The molecule has 3 heterocycles. The third-order valence-electron chi connectivity index (χ3n) is 4.87. The Kier molecular flexibility index (Phi) is 6.45. The van der Waals surface area contributed by atoms with Gasteiger partial charge in [-0.3, -0.25) is 10.1 Å². The van der Waals surface area contributed by atoms with Crippen molar-refractivity contribution in [3.05, 3.63) is 81.8 Å². The van der Waals surface area contributed by atoms with Crippen molar-refractivity contribution in [3.8, 4) is 11.5 Å². The number of carbonyl (C=O) groups excluding carboxylic acids is 1. The molecule has 2 aromatic carbocycles. The summed E-state index contributed by atoms with van der Waals surface area (Å²) in [5.41, 5.74) is 2.79. The topological polar surface area (TPSA) is 108 Å². The number of amides is 1. The zero-order chi connectivity index (χ0) is 23.3. The molecule has 2 aromatic heterocycles. The lowest BCUT2D eigenvalue weighted by atomic mass is 10.1. The molecule has 1 N–H and O–H groups in total. The summed E-state index contributed by atoms with van der Waals surface area (Å²) >= 11 is 2.60. The number of fused-ring (bicyclic) bond motifs is 1. The Balaban J connectivity index is 1.22. The fourth-order valence-corrected chi connectivity index (χ4v) is 4.37. The number of nitrogens with one attached hydrogen (secondary N) is 1. The van der Waals surface area contributed by atoms with Crippen molar-refractivity contribution >= 4 is 39.6 Å². The molecule has 0 saturated heterocycles. The maximum Gasteiger partial charge on any atom is 0.270 e. The second-order valence-corrected chi connectivity index (χ2v) is 9.07. The zero-order valence-corrected chi connectivity index (χ0v) is 19.6. The average molecular weight is 494 g/mol. The SMILES string of the molecule is Cc1snnc1/C(=N/OCc1csc(NC(=O)C2COc3ccccc3O2)n1)c1ccccc1. The molecule has 0 bridgehead atoms. The van der Waals surface area contributed by atoms with Gasteiger partial charge in [0, 0.05) is 10.9 Å². The van der Waals surface area contributed by atoms with E-state index in [1.807, 2.05) is 49.4 Å². The quantitative estimate of drug-likeness (QED) is 0.306. The van der Waals surface area contributed by atoms with Gasteiger partial charge in [0.15, 0.2) is 23.2 Å². The second kappa shape index (κ2) is 9.98. The van der Waals surface area contributed by atoms with Crippen LogP contribution in [0.4, 0.5) is 5.13 Å². The molecular formula is C23H19N5O4S2. The van der Waals surface area contributed by atoms with Gasteiger partial charge < -0.3 is 14.3 Å². The van der Waals surface area contributed by atoms with Gasteiger partial charge in [0.25, 0.3) is 5.91 Å². The molecule has 1 amide bonds. The second-order valence-electron chi connectivity index (χ2n) is 7.25. The van der Waals surface area contributed by atoms with Gasteiger partial charge in [-0.1, -0.05) is 52.1 Å². The van der Waals surface area contributed by atoms with Crippen molar-refractivity contribution in [2.45, 2.75) is 19.6 Å². The Labute approximate surface area is 203 Å². The van der Waals surface area contributed by atoms with E-state index in [1.165, 1.54) is 22.9 Å². The summed E-state index contributed by atoms with van der Waals surface area (Å²) < 4.78 is 15.3. The minimum Gasteiger partial charge on any atom is -0.485 e. The fourth-order valence-electron chi connectivity index (χ4n) is 3.21. The van der Waals surface area contributed by atoms with E-state index in [4.69, 9.17) is 14.3 Å². The molecule has 1 atom stereocenters. The van der Waals surface area contributed by atoms with Crippen LogP contribution < -0.4 is 14.8 Å². The van der Waals surface area contributed by atoms with E-state index in [-0.39, 0.29) is 19.1 Å². The summed E-state index contributed by atoms with van der Waals surface area (Å²) in [6.07, 6.45) is -0.758. The fraction of sp³-hybridized carbons (Fsp3) is 0.174. The number of carbonyl (C=O) groups is 1. The molecule has 0 spiro atoms. The number of para-hydroxylation sites is 2. The third-order valence-corrected chi connectivity index (χ3v) is 6.31. The number of thiazole rings is 1. The average Bonchev–Trinajstić information content (AvgIpc) is 3.50. The molecule has 34 heavy (non-hydrogen) atoms. The molecule has 1 aliphatic rings. The standard InChI is InChI=1S/C23H19N5O4S2/c1-14-20(26-28-34-14)21(15-7-3-2-4-8-15)27-31-11-16-13-33-23(24-16)25-22(29)19-12-30-17-9-5-6-10-18(17)32-19/h2-10,13,19H,11-12H2,1H3,(H,24,25,29)/b27-21+. The van der Waals surface area contributed by atoms with Gasteiger partial charge >= 0.3 is 0 Å². The van der Waals surface area contributed by atoms with E-state index in [1.54, 1.807) is 17.5 Å². The van der Waals surface area contributed by atoms with Crippen LogP contribution >= 0.6 is 22.9 Å². The largest absolute Gasteiger partial charge is 0.485 e. The lowest BCUT2D eigenvalue weighted by molar-refractivity contribution is -0.125. The van der Waals surface area contributed by atoms with Crippen molar-refractivity contribution in [1.29, 1.82) is 0 Å². The number of hydrogen-bond donors (Lipinski definition) is 1. The highest BCUT2D eigenvalue weighted by molar-refractivity contribution is 7.13. The maximum absolute atomic E-state index is 12.6. The molecule has 1 aliphatic heterocycles. The van der Waals surface area contributed by atoms with E-state index in [0.29, 0.717) is 33.7 Å². The number of oxime groups is 1. The van der Waals surface area contributed by atoms with E-state index >= 15 is 0 Å². The molecular weight excluding hydrogens is 474 g/mol. The summed E-state index contributed by atoms with van der Waals surface area (Å²) in [4.78, 5) is 23.6. The van der Waals surface area contributed by atoms with Crippen LogP contribution in [-0.4, -0.2) is 38.9 Å². The first kappa shape index (κ1) is 22.0. The van der Waals surface area contributed by atoms with Gasteiger partial charge in [-0.15, -0.1) is 16.4 Å². The Hall–Kier alpha value is -3.83. The van der Waals surface area contributed by atoms with Crippen LogP contribution in [0.5, 0.6) is 11.5 Å². The molecule has 0 fully saturated rings. The Morgan fingerprint density at radius 2 is 1.97 bits per heavy atom.